The molecule has 0 aliphatic heterocycles. The van der Waals surface area contributed by atoms with Gasteiger partial charge in [-0.25, -0.2) is 22.7 Å². The Balaban J connectivity index is 2.40. The molecule has 0 fully saturated rings. The van der Waals surface area contributed by atoms with Crippen LogP contribution in [0.15, 0.2) is 40.0 Å². The Hall–Kier alpha value is -2.75. The first-order valence-corrected chi connectivity index (χ1v) is 6.89. The molecule has 0 spiro atoms. The molecule has 0 radical (unpaired) electrons. The van der Waals surface area contributed by atoms with Crippen LogP contribution in [0.3, 0.4) is 0 Å². The first-order chi connectivity index (χ1) is 9.79. The molecule has 1 heterocycles. The predicted octanol–water partition coefficient (Wildman–Crippen LogP) is 0.408. The largest absolute Gasteiger partial charge is 0.478 e. The second-order valence-electron chi connectivity index (χ2n) is 3.86. The van der Waals surface area contributed by atoms with Gasteiger partial charge in [0.2, 0.25) is 0 Å². The van der Waals surface area contributed by atoms with E-state index in [1.54, 1.807) is 0 Å². The fourth-order valence-electron chi connectivity index (χ4n) is 1.43. The monoisotopic (exact) mass is 313 g/mol. The zero-order valence-electron chi connectivity index (χ0n) is 10.2. The summed E-state index contributed by atoms with van der Waals surface area (Å²) in [6.07, 6.45) is 0. The molecule has 21 heavy (non-hydrogen) atoms. The third kappa shape index (κ3) is 3.23. The number of carboxylic acid groups (broad SMARTS) is 1. The van der Waals surface area contributed by atoms with E-state index in [9.17, 15) is 22.4 Å². The van der Waals surface area contributed by atoms with Gasteiger partial charge in [-0.15, -0.1) is 0 Å². The predicted molar refractivity (Wildman–Crippen MR) is 69.0 cm³/mol. The molecule has 0 saturated carbocycles. The number of hydrogen-bond acceptors (Lipinski definition) is 5. The molecule has 2 aromatic rings. The Kier molecular flexibility index (Phi) is 3.72. The van der Waals surface area contributed by atoms with Gasteiger partial charge in [0.05, 0.1) is 10.5 Å². The first-order valence-electron chi connectivity index (χ1n) is 5.41. The minimum atomic E-state index is -4.16. The zero-order chi connectivity index (χ0) is 15.6. The third-order valence-electron chi connectivity index (χ3n) is 2.40. The van der Waals surface area contributed by atoms with Crippen molar-refractivity contribution in [3.63, 3.8) is 0 Å². The molecule has 0 atom stereocenters. The van der Waals surface area contributed by atoms with Crippen molar-refractivity contribution in [3.05, 3.63) is 52.1 Å². The average molecular weight is 313 g/mol. The number of nitrogens with one attached hydrogen (secondary N) is 2. The minimum absolute atomic E-state index is 0.171. The van der Waals surface area contributed by atoms with Crippen LogP contribution in [0.5, 0.6) is 0 Å². The second-order valence-corrected chi connectivity index (χ2v) is 5.54. The molecule has 0 saturated heterocycles. The van der Waals surface area contributed by atoms with Gasteiger partial charge in [0.25, 0.3) is 15.6 Å². The van der Waals surface area contributed by atoms with Gasteiger partial charge in [-0.3, -0.25) is 9.52 Å². The van der Waals surface area contributed by atoms with E-state index >= 15 is 0 Å². The number of nitrogens with zero attached hydrogens (tertiary/aromatic N) is 1. The molecular weight excluding hydrogens is 305 g/mol. The second kappa shape index (κ2) is 5.32. The SMILES string of the molecule is O=C(O)c1cc(S(=O)(=O)Nc2ccc(=O)[nH]n2)ccc1F. The van der Waals surface area contributed by atoms with Crippen molar-refractivity contribution in [1.82, 2.24) is 10.2 Å². The van der Waals surface area contributed by atoms with E-state index in [0.717, 1.165) is 24.3 Å². The van der Waals surface area contributed by atoms with Gasteiger partial charge in [-0.2, -0.15) is 5.10 Å². The Bertz CT molecular complexity index is 842. The summed E-state index contributed by atoms with van der Waals surface area (Å²) in [6.45, 7) is 0. The third-order valence-corrected chi connectivity index (χ3v) is 3.75. The lowest BCUT2D eigenvalue weighted by molar-refractivity contribution is 0.0691. The molecule has 0 aliphatic carbocycles. The van der Waals surface area contributed by atoms with E-state index in [0.29, 0.717) is 6.07 Å². The lowest BCUT2D eigenvalue weighted by Gasteiger charge is -2.07. The Labute approximate surface area is 117 Å². The number of sulfonamides is 1. The van der Waals surface area contributed by atoms with E-state index in [2.05, 4.69) is 5.10 Å². The van der Waals surface area contributed by atoms with Crippen molar-refractivity contribution in [2.45, 2.75) is 4.90 Å². The number of aromatic nitrogens is 2. The van der Waals surface area contributed by atoms with E-state index in [1.165, 1.54) is 0 Å². The van der Waals surface area contributed by atoms with Crippen LogP contribution in [0.1, 0.15) is 10.4 Å². The Morgan fingerprint density at radius 2 is 2.00 bits per heavy atom. The van der Waals surface area contributed by atoms with Crippen molar-refractivity contribution in [1.29, 1.82) is 0 Å². The lowest BCUT2D eigenvalue weighted by Crippen LogP contribution is -2.17. The fraction of sp³-hybridized carbons (Fsp3) is 0. The number of carbonyl (C=O) groups is 1. The maximum Gasteiger partial charge on any atom is 0.338 e. The number of anilines is 1. The van der Waals surface area contributed by atoms with Crippen LogP contribution in [0, 0.1) is 5.82 Å². The van der Waals surface area contributed by atoms with Crippen LogP contribution >= 0.6 is 0 Å². The highest BCUT2D eigenvalue weighted by Crippen LogP contribution is 2.17. The fourth-order valence-corrected chi connectivity index (χ4v) is 2.46. The van der Waals surface area contributed by atoms with Crippen molar-refractivity contribution in [2.24, 2.45) is 0 Å². The molecular formula is C11H8FN3O5S. The highest BCUT2D eigenvalue weighted by Gasteiger charge is 2.19. The summed E-state index contributed by atoms with van der Waals surface area (Å²) in [5.74, 6) is -2.81. The van der Waals surface area contributed by atoms with E-state index in [1.807, 2.05) is 9.82 Å². The molecule has 1 aromatic heterocycles. The van der Waals surface area contributed by atoms with Crippen molar-refractivity contribution in [2.75, 3.05) is 4.72 Å². The van der Waals surface area contributed by atoms with Crippen LogP contribution in [-0.2, 0) is 10.0 Å². The summed E-state index contributed by atoms with van der Waals surface area (Å²) in [5.41, 5.74) is -1.29. The summed E-state index contributed by atoms with van der Waals surface area (Å²) >= 11 is 0. The molecule has 8 nitrogen and oxygen atoms in total. The van der Waals surface area contributed by atoms with Crippen LogP contribution in [0.2, 0.25) is 0 Å². The maximum atomic E-state index is 13.2. The summed E-state index contributed by atoms with van der Waals surface area (Å²) < 4.78 is 39.3. The molecule has 10 heteroatoms. The van der Waals surface area contributed by atoms with Crippen LogP contribution in [0.25, 0.3) is 0 Å². The number of H-pyrrole nitrogens is 1. The first kappa shape index (κ1) is 14.7. The molecule has 2 rings (SSSR count). The van der Waals surface area contributed by atoms with Crippen LogP contribution < -0.4 is 10.3 Å². The van der Waals surface area contributed by atoms with Gasteiger partial charge < -0.3 is 5.11 Å². The number of benzene rings is 1. The topological polar surface area (TPSA) is 129 Å². The number of halogens is 1. The number of rotatable bonds is 4. The number of carboxylic acids is 1. The quantitative estimate of drug-likeness (QED) is 0.749. The van der Waals surface area contributed by atoms with Gasteiger partial charge in [0.15, 0.2) is 5.82 Å². The normalized spacial score (nSPS) is 11.1. The smallest absolute Gasteiger partial charge is 0.338 e. The number of aromatic amines is 1. The van der Waals surface area contributed by atoms with E-state index in [4.69, 9.17) is 5.11 Å². The van der Waals surface area contributed by atoms with Gasteiger partial charge in [0.1, 0.15) is 5.82 Å². The molecule has 1 aromatic carbocycles. The lowest BCUT2D eigenvalue weighted by atomic mass is 10.2. The average Bonchev–Trinajstić information content (AvgIpc) is 2.41. The highest BCUT2D eigenvalue weighted by atomic mass is 32.2. The molecule has 3 N–H and O–H groups in total. The van der Waals surface area contributed by atoms with Gasteiger partial charge >= 0.3 is 5.97 Å². The molecule has 0 amide bonds. The Morgan fingerprint density at radius 3 is 2.57 bits per heavy atom. The molecule has 110 valence electrons. The zero-order valence-corrected chi connectivity index (χ0v) is 11.0. The van der Waals surface area contributed by atoms with Gasteiger partial charge in [0, 0.05) is 6.07 Å². The molecule has 0 bridgehead atoms. The van der Waals surface area contributed by atoms with Crippen LogP contribution in [0.4, 0.5) is 10.2 Å². The highest BCUT2D eigenvalue weighted by molar-refractivity contribution is 7.92. The van der Waals surface area contributed by atoms with Gasteiger partial charge in [-0.05, 0) is 24.3 Å². The standard InChI is InChI=1S/C11H8FN3O5S/c12-8-2-1-6(5-7(8)11(17)18)21(19,20)15-9-3-4-10(16)14-13-9/h1-5H,(H,13,15)(H,14,16)(H,17,18). The van der Waals surface area contributed by atoms with E-state index < -0.39 is 37.8 Å². The molecule has 0 aliphatic rings. The minimum Gasteiger partial charge on any atom is -0.478 e. The van der Waals surface area contributed by atoms with Crippen molar-refractivity contribution < 1.29 is 22.7 Å². The Morgan fingerprint density at radius 1 is 1.29 bits per heavy atom. The maximum absolute atomic E-state index is 13.2. The number of hydrogen-bond donors (Lipinski definition) is 3. The summed E-state index contributed by atoms with van der Waals surface area (Å²) in [7, 11) is -4.16. The summed E-state index contributed by atoms with van der Waals surface area (Å²) in [6, 6.07) is 4.51. The number of aromatic carboxylic acids is 1. The van der Waals surface area contributed by atoms with Gasteiger partial charge in [-0.1, -0.05) is 0 Å². The summed E-state index contributed by atoms with van der Waals surface area (Å²) in [5, 5.41) is 14.2. The van der Waals surface area contributed by atoms with Crippen LogP contribution in [-0.4, -0.2) is 29.7 Å². The van der Waals surface area contributed by atoms with Crippen molar-refractivity contribution >= 4 is 21.8 Å². The van der Waals surface area contributed by atoms with E-state index in [-0.39, 0.29) is 5.82 Å². The summed E-state index contributed by atoms with van der Waals surface area (Å²) in [4.78, 5) is 21.2. The van der Waals surface area contributed by atoms with Crippen molar-refractivity contribution in [3.8, 4) is 0 Å². The molecule has 0 unspecified atom stereocenters.